The number of H-pyrrole nitrogens is 1. The minimum absolute atomic E-state index is 1.06. The lowest BCUT2D eigenvalue weighted by Crippen LogP contribution is -1.77. The minimum atomic E-state index is 1.06. The first kappa shape index (κ1) is 8.78. The van der Waals surface area contributed by atoms with Gasteiger partial charge < -0.3 is 4.98 Å². The number of nitrogens with one attached hydrogen (secondary N) is 1. The van der Waals surface area contributed by atoms with Crippen molar-refractivity contribution in [3.05, 3.63) is 30.2 Å². The Kier molecular flexibility index (Phi) is 2.86. The Hall–Kier alpha value is -1.31. The predicted octanol–water partition coefficient (Wildman–Crippen LogP) is 2.90. The highest BCUT2D eigenvalue weighted by Gasteiger charge is 1.92. The van der Waals surface area contributed by atoms with Gasteiger partial charge in [0.2, 0.25) is 0 Å². The van der Waals surface area contributed by atoms with Gasteiger partial charge in [0.05, 0.1) is 11.7 Å². The maximum Gasteiger partial charge on any atom is 0.0640 e. The molecule has 2 rings (SSSR count). The first-order chi connectivity index (χ1) is 5.86. The van der Waals surface area contributed by atoms with Crippen LogP contribution in [-0.2, 0) is 0 Å². The molecule has 2 nitrogen and oxygen atoms in total. The van der Waals surface area contributed by atoms with Crippen molar-refractivity contribution >= 4 is 10.9 Å². The normalized spacial score (nSPS) is 9.25. The Morgan fingerprint density at radius 3 is 2.83 bits per heavy atom. The van der Waals surface area contributed by atoms with Crippen LogP contribution in [0, 0.1) is 6.92 Å². The maximum absolute atomic E-state index is 4.15. The lowest BCUT2D eigenvalue weighted by Gasteiger charge is -1.89. The van der Waals surface area contributed by atoms with Crippen molar-refractivity contribution in [2.24, 2.45) is 0 Å². The van der Waals surface area contributed by atoms with E-state index in [9.17, 15) is 0 Å². The zero-order valence-electron chi connectivity index (χ0n) is 7.76. The highest BCUT2D eigenvalue weighted by molar-refractivity contribution is 5.78. The average Bonchev–Trinajstić information content (AvgIpc) is 2.54. The van der Waals surface area contributed by atoms with E-state index < -0.39 is 0 Å². The van der Waals surface area contributed by atoms with E-state index in [1.165, 1.54) is 5.39 Å². The van der Waals surface area contributed by atoms with E-state index in [-0.39, 0.29) is 0 Å². The summed E-state index contributed by atoms with van der Waals surface area (Å²) < 4.78 is 0. The number of hydrogen-bond donors (Lipinski definition) is 1. The quantitative estimate of drug-likeness (QED) is 0.634. The molecule has 1 N–H and O–H groups in total. The molecule has 2 heterocycles. The first-order valence-electron chi connectivity index (χ1n) is 4.26. The summed E-state index contributed by atoms with van der Waals surface area (Å²) in [5, 5.41) is 1.23. The summed E-state index contributed by atoms with van der Waals surface area (Å²) in [5.41, 5.74) is 2.16. The molecule has 64 valence electrons. The Labute approximate surface area is 72.6 Å². The molecular formula is C10H14N2. The van der Waals surface area contributed by atoms with E-state index in [4.69, 9.17) is 0 Å². The highest BCUT2D eigenvalue weighted by atomic mass is 14.7. The van der Waals surface area contributed by atoms with Gasteiger partial charge in [0.25, 0.3) is 0 Å². The molecule has 0 aromatic carbocycles. The number of fused-ring (bicyclic) bond motifs is 1. The zero-order valence-corrected chi connectivity index (χ0v) is 7.76. The first-order valence-corrected chi connectivity index (χ1v) is 4.26. The topological polar surface area (TPSA) is 28.7 Å². The van der Waals surface area contributed by atoms with Gasteiger partial charge in [-0.15, -0.1) is 0 Å². The van der Waals surface area contributed by atoms with Crippen LogP contribution in [0.3, 0.4) is 0 Å². The molecule has 0 fully saturated rings. The molecule has 0 saturated heterocycles. The molecule has 0 aliphatic carbocycles. The third kappa shape index (κ3) is 1.64. The second kappa shape index (κ2) is 3.90. The molecule has 0 amide bonds. The number of hydrogen-bond acceptors (Lipinski definition) is 1. The fourth-order valence-electron chi connectivity index (χ4n) is 1.06. The molecule has 2 aromatic rings. The van der Waals surface area contributed by atoms with E-state index in [2.05, 4.69) is 16.0 Å². The number of pyridine rings is 1. The molecule has 2 heteroatoms. The van der Waals surface area contributed by atoms with Crippen molar-refractivity contribution in [3.8, 4) is 0 Å². The second-order valence-corrected chi connectivity index (χ2v) is 2.39. The van der Waals surface area contributed by atoms with E-state index in [1.54, 1.807) is 0 Å². The molecule has 2 aromatic heterocycles. The zero-order chi connectivity index (χ0) is 8.97. The molecule has 0 spiro atoms. The third-order valence-electron chi connectivity index (χ3n) is 1.57. The van der Waals surface area contributed by atoms with Gasteiger partial charge in [-0.3, -0.25) is 4.98 Å². The number of aryl methyl sites for hydroxylation is 1. The van der Waals surface area contributed by atoms with Crippen LogP contribution in [0.15, 0.2) is 24.5 Å². The largest absolute Gasteiger partial charge is 0.360 e. The van der Waals surface area contributed by atoms with Gasteiger partial charge >= 0.3 is 0 Å². The molecular weight excluding hydrogens is 148 g/mol. The third-order valence-corrected chi connectivity index (χ3v) is 1.57. The van der Waals surface area contributed by atoms with Crippen molar-refractivity contribution in [2.75, 3.05) is 0 Å². The van der Waals surface area contributed by atoms with E-state index in [0.717, 1.165) is 11.2 Å². The van der Waals surface area contributed by atoms with Gasteiger partial charge in [-0.05, 0) is 19.1 Å². The molecule has 12 heavy (non-hydrogen) atoms. The van der Waals surface area contributed by atoms with E-state index >= 15 is 0 Å². The summed E-state index contributed by atoms with van der Waals surface area (Å²) in [6, 6.07) is 4.11. The van der Waals surface area contributed by atoms with Crippen LogP contribution in [0.5, 0.6) is 0 Å². The molecule has 0 radical (unpaired) electrons. The van der Waals surface area contributed by atoms with Crippen LogP contribution < -0.4 is 0 Å². The summed E-state index contributed by atoms with van der Waals surface area (Å²) in [5.74, 6) is 0. The lowest BCUT2D eigenvalue weighted by molar-refractivity contribution is 1.22. The fourth-order valence-corrected chi connectivity index (χ4v) is 1.06. The van der Waals surface area contributed by atoms with Gasteiger partial charge in [-0.1, -0.05) is 13.8 Å². The van der Waals surface area contributed by atoms with Crippen LogP contribution in [0.1, 0.15) is 19.5 Å². The molecule has 0 saturated carbocycles. The molecule has 0 atom stereocenters. The highest BCUT2D eigenvalue weighted by Crippen LogP contribution is 2.10. The molecule has 0 aliphatic heterocycles. The molecule has 0 unspecified atom stereocenters. The number of rotatable bonds is 0. The average molecular weight is 162 g/mol. The van der Waals surface area contributed by atoms with Crippen molar-refractivity contribution in [1.82, 2.24) is 9.97 Å². The van der Waals surface area contributed by atoms with E-state index in [0.29, 0.717) is 0 Å². The SMILES string of the molecule is CC.Cc1cc2cc[nH]c2cn1. The van der Waals surface area contributed by atoms with Crippen LogP contribution in [0.2, 0.25) is 0 Å². The summed E-state index contributed by atoms with van der Waals surface area (Å²) in [6.45, 7) is 5.99. The summed E-state index contributed by atoms with van der Waals surface area (Å²) in [7, 11) is 0. The van der Waals surface area contributed by atoms with Gasteiger partial charge in [0, 0.05) is 17.3 Å². The maximum atomic E-state index is 4.15. The smallest absolute Gasteiger partial charge is 0.0640 e. The second-order valence-electron chi connectivity index (χ2n) is 2.39. The van der Waals surface area contributed by atoms with Crippen molar-refractivity contribution in [3.63, 3.8) is 0 Å². The van der Waals surface area contributed by atoms with Crippen molar-refractivity contribution in [2.45, 2.75) is 20.8 Å². The minimum Gasteiger partial charge on any atom is -0.360 e. The van der Waals surface area contributed by atoms with E-state index in [1.807, 2.05) is 39.2 Å². The Morgan fingerprint density at radius 2 is 2.08 bits per heavy atom. The van der Waals surface area contributed by atoms with Gasteiger partial charge in [0.15, 0.2) is 0 Å². The summed E-state index contributed by atoms with van der Waals surface area (Å²) in [6.07, 6.45) is 3.77. The monoisotopic (exact) mass is 162 g/mol. The standard InChI is InChI=1S/C8H8N2.C2H6/c1-6-4-7-2-3-9-8(7)5-10-6;1-2/h2-5,9H,1H3;1-2H3. The number of aromatic amines is 1. The van der Waals surface area contributed by atoms with Crippen LogP contribution in [0.4, 0.5) is 0 Å². The van der Waals surface area contributed by atoms with Crippen LogP contribution in [0.25, 0.3) is 10.9 Å². The van der Waals surface area contributed by atoms with Crippen LogP contribution in [-0.4, -0.2) is 9.97 Å². The molecule has 0 aliphatic rings. The number of nitrogens with zero attached hydrogens (tertiary/aromatic N) is 1. The van der Waals surface area contributed by atoms with Gasteiger partial charge in [-0.2, -0.15) is 0 Å². The number of aromatic nitrogens is 2. The predicted molar refractivity (Wildman–Crippen MR) is 52.2 cm³/mol. The summed E-state index contributed by atoms with van der Waals surface area (Å²) in [4.78, 5) is 7.23. The van der Waals surface area contributed by atoms with Crippen molar-refractivity contribution in [1.29, 1.82) is 0 Å². The Bertz CT molecular complexity index is 349. The van der Waals surface area contributed by atoms with Gasteiger partial charge in [-0.25, -0.2) is 0 Å². The summed E-state index contributed by atoms with van der Waals surface area (Å²) >= 11 is 0. The molecule has 0 bridgehead atoms. The van der Waals surface area contributed by atoms with Gasteiger partial charge in [0.1, 0.15) is 0 Å². The fraction of sp³-hybridized carbons (Fsp3) is 0.300. The Morgan fingerprint density at radius 1 is 1.33 bits per heavy atom. The lowest BCUT2D eigenvalue weighted by atomic mass is 10.3. The van der Waals surface area contributed by atoms with Crippen LogP contribution >= 0.6 is 0 Å². The Balaban J connectivity index is 0.000000336. The van der Waals surface area contributed by atoms with Crippen molar-refractivity contribution < 1.29 is 0 Å².